The van der Waals surface area contributed by atoms with Gasteiger partial charge in [-0.3, -0.25) is 4.79 Å². The van der Waals surface area contributed by atoms with Crippen molar-refractivity contribution in [3.8, 4) is 5.75 Å². The Labute approximate surface area is 146 Å². The molecule has 0 aliphatic rings. The molecule has 0 radical (unpaired) electrons. The first-order valence-electron chi connectivity index (χ1n) is 6.61. The minimum atomic E-state index is -0.579. The van der Waals surface area contributed by atoms with Crippen LogP contribution in [0.2, 0.25) is 0 Å². The van der Waals surface area contributed by atoms with E-state index in [2.05, 4.69) is 21.2 Å². The summed E-state index contributed by atoms with van der Waals surface area (Å²) >= 11 is 4.83. The Hall–Kier alpha value is -2.12. The van der Waals surface area contributed by atoms with Crippen LogP contribution in [0.5, 0.6) is 5.75 Å². The van der Waals surface area contributed by atoms with Gasteiger partial charge in [-0.15, -0.1) is 11.3 Å². The molecular weight excluding hydrogens is 382 g/mol. The van der Waals surface area contributed by atoms with E-state index in [0.717, 1.165) is 8.66 Å². The molecule has 1 amide bonds. The van der Waals surface area contributed by atoms with Gasteiger partial charge in [-0.1, -0.05) is 12.1 Å². The molecule has 1 aromatic heterocycles. The molecule has 2 aromatic rings. The molecule has 120 valence electrons. The van der Waals surface area contributed by atoms with Crippen molar-refractivity contribution in [1.29, 1.82) is 0 Å². The quantitative estimate of drug-likeness (QED) is 0.597. The van der Waals surface area contributed by atoms with Crippen LogP contribution in [0, 0.1) is 0 Å². The van der Waals surface area contributed by atoms with Gasteiger partial charge in [0.15, 0.2) is 6.61 Å². The van der Waals surface area contributed by atoms with Crippen LogP contribution in [-0.2, 0) is 14.3 Å². The molecule has 0 aliphatic heterocycles. The molecule has 0 spiro atoms. The Morgan fingerprint density at radius 2 is 2.04 bits per heavy atom. The number of halogens is 1. The van der Waals surface area contributed by atoms with Crippen molar-refractivity contribution >= 4 is 50.9 Å². The minimum Gasteiger partial charge on any atom is -0.495 e. The number of para-hydroxylation sites is 2. The van der Waals surface area contributed by atoms with Crippen LogP contribution in [0.15, 0.2) is 46.3 Å². The van der Waals surface area contributed by atoms with Crippen LogP contribution in [0.1, 0.15) is 4.88 Å². The van der Waals surface area contributed by atoms with Gasteiger partial charge in [0.05, 0.1) is 16.6 Å². The second-order valence-electron chi connectivity index (χ2n) is 4.33. The molecule has 0 bridgehead atoms. The molecule has 0 aliphatic carbocycles. The summed E-state index contributed by atoms with van der Waals surface area (Å²) in [7, 11) is 1.51. The summed E-state index contributed by atoms with van der Waals surface area (Å²) in [5.41, 5.74) is 0.523. The first-order valence-corrected chi connectivity index (χ1v) is 8.22. The van der Waals surface area contributed by atoms with Gasteiger partial charge in [0, 0.05) is 11.0 Å². The highest BCUT2D eigenvalue weighted by Crippen LogP contribution is 2.23. The molecule has 0 unspecified atom stereocenters. The van der Waals surface area contributed by atoms with Crippen molar-refractivity contribution in [1.82, 2.24) is 0 Å². The lowest BCUT2D eigenvalue weighted by atomic mass is 10.3. The Balaban J connectivity index is 1.82. The highest BCUT2D eigenvalue weighted by atomic mass is 79.9. The number of hydrogen-bond acceptors (Lipinski definition) is 5. The number of methoxy groups -OCH3 is 1. The van der Waals surface area contributed by atoms with Gasteiger partial charge in [0.25, 0.3) is 5.91 Å². The molecular formula is C16H14BrNO4S. The number of benzene rings is 1. The zero-order chi connectivity index (χ0) is 16.7. The molecule has 0 saturated carbocycles. The lowest BCUT2D eigenvalue weighted by Gasteiger charge is -2.09. The van der Waals surface area contributed by atoms with Crippen molar-refractivity contribution in [2.45, 2.75) is 0 Å². The molecule has 0 saturated heterocycles. The molecule has 1 N–H and O–H groups in total. The third kappa shape index (κ3) is 5.54. The van der Waals surface area contributed by atoms with Crippen LogP contribution in [-0.4, -0.2) is 25.6 Å². The predicted octanol–water partition coefficient (Wildman–Crippen LogP) is 3.71. The van der Waals surface area contributed by atoms with Gasteiger partial charge in [0.1, 0.15) is 5.75 Å². The monoisotopic (exact) mass is 395 g/mol. The van der Waals surface area contributed by atoms with Gasteiger partial charge in [-0.2, -0.15) is 0 Å². The number of amides is 1. The molecule has 5 nitrogen and oxygen atoms in total. The standard InChI is InChI=1S/C16H14BrNO4S/c1-21-13-5-3-2-4-12(13)18-15(19)10-22-16(20)9-7-11-6-8-14(17)23-11/h2-9H,10H2,1H3,(H,18,19)/b9-7+. The van der Waals surface area contributed by atoms with Crippen LogP contribution >= 0.6 is 27.3 Å². The summed E-state index contributed by atoms with van der Waals surface area (Å²) in [5, 5.41) is 2.62. The van der Waals surface area contributed by atoms with E-state index in [1.54, 1.807) is 30.3 Å². The maximum atomic E-state index is 11.8. The number of esters is 1. The first kappa shape index (κ1) is 17.2. The van der Waals surface area contributed by atoms with E-state index < -0.39 is 11.9 Å². The van der Waals surface area contributed by atoms with Crippen molar-refractivity contribution in [3.05, 3.63) is 51.1 Å². The molecule has 0 fully saturated rings. The van der Waals surface area contributed by atoms with E-state index >= 15 is 0 Å². The number of rotatable bonds is 6. The van der Waals surface area contributed by atoms with Crippen LogP contribution in [0.4, 0.5) is 5.69 Å². The third-order valence-corrected chi connectivity index (χ3v) is 4.29. The van der Waals surface area contributed by atoms with Crippen LogP contribution in [0.3, 0.4) is 0 Å². The Bertz CT molecular complexity index is 726. The van der Waals surface area contributed by atoms with Crippen molar-refractivity contribution in [2.75, 3.05) is 19.0 Å². The van der Waals surface area contributed by atoms with Gasteiger partial charge < -0.3 is 14.8 Å². The fourth-order valence-corrected chi connectivity index (χ4v) is 3.01. The minimum absolute atomic E-state index is 0.366. The van der Waals surface area contributed by atoms with Gasteiger partial charge in [-0.25, -0.2) is 4.79 Å². The Morgan fingerprint density at radius 1 is 1.26 bits per heavy atom. The number of carbonyl (C=O) groups excluding carboxylic acids is 2. The molecule has 2 rings (SSSR count). The maximum Gasteiger partial charge on any atom is 0.331 e. The summed E-state index contributed by atoms with van der Waals surface area (Å²) in [4.78, 5) is 24.3. The third-order valence-electron chi connectivity index (χ3n) is 2.70. The van der Waals surface area contributed by atoms with Gasteiger partial charge in [-0.05, 0) is 46.3 Å². The van der Waals surface area contributed by atoms with E-state index in [0.29, 0.717) is 11.4 Å². The number of thiophene rings is 1. The average molecular weight is 396 g/mol. The van der Waals surface area contributed by atoms with Crippen LogP contribution < -0.4 is 10.1 Å². The zero-order valence-electron chi connectivity index (χ0n) is 12.2. The number of nitrogens with one attached hydrogen (secondary N) is 1. The van der Waals surface area contributed by atoms with Crippen molar-refractivity contribution < 1.29 is 19.1 Å². The fourth-order valence-electron chi connectivity index (χ4n) is 1.69. The normalized spacial score (nSPS) is 10.5. The summed E-state index contributed by atoms with van der Waals surface area (Å²) in [5.74, 6) is -0.477. The van der Waals surface area contributed by atoms with Gasteiger partial charge in [0.2, 0.25) is 0 Å². The lowest BCUT2D eigenvalue weighted by Crippen LogP contribution is -2.20. The SMILES string of the molecule is COc1ccccc1NC(=O)COC(=O)/C=C/c1ccc(Br)s1. The summed E-state index contributed by atoms with van der Waals surface area (Å²) in [6.07, 6.45) is 2.92. The van der Waals surface area contributed by atoms with E-state index in [1.165, 1.54) is 24.5 Å². The molecule has 0 atom stereocenters. The maximum absolute atomic E-state index is 11.8. The summed E-state index contributed by atoms with van der Waals surface area (Å²) in [6.45, 7) is -0.366. The average Bonchev–Trinajstić information content (AvgIpc) is 2.97. The van der Waals surface area contributed by atoms with E-state index in [4.69, 9.17) is 9.47 Å². The van der Waals surface area contributed by atoms with Crippen LogP contribution in [0.25, 0.3) is 6.08 Å². The molecule has 1 aromatic carbocycles. The topological polar surface area (TPSA) is 64.6 Å². The molecule has 23 heavy (non-hydrogen) atoms. The van der Waals surface area contributed by atoms with E-state index in [9.17, 15) is 9.59 Å². The van der Waals surface area contributed by atoms with Crippen molar-refractivity contribution in [2.24, 2.45) is 0 Å². The largest absolute Gasteiger partial charge is 0.495 e. The highest BCUT2D eigenvalue weighted by molar-refractivity contribution is 9.11. The second-order valence-corrected chi connectivity index (χ2v) is 6.83. The smallest absolute Gasteiger partial charge is 0.331 e. The predicted molar refractivity (Wildman–Crippen MR) is 93.6 cm³/mol. The Morgan fingerprint density at radius 3 is 2.74 bits per heavy atom. The fraction of sp³-hybridized carbons (Fsp3) is 0.125. The molecule has 1 heterocycles. The number of hydrogen-bond donors (Lipinski definition) is 1. The summed E-state index contributed by atoms with van der Waals surface area (Å²) in [6, 6.07) is 10.7. The number of ether oxygens (including phenoxy) is 2. The second kappa shape index (κ2) is 8.50. The van der Waals surface area contributed by atoms with E-state index in [-0.39, 0.29) is 6.61 Å². The van der Waals surface area contributed by atoms with Gasteiger partial charge >= 0.3 is 5.97 Å². The first-order chi connectivity index (χ1) is 11.1. The number of anilines is 1. The lowest BCUT2D eigenvalue weighted by molar-refractivity contribution is -0.142. The van der Waals surface area contributed by atoms with E-state index in [1.807, 2.05) is 12.1 Å². The van der Waals surface area contributed by atoms with Crippen molar-refractivity contribution in [3.63, 3.8) is 0 Å². The zero-order valence-corrected chi connectivity index (χ0v) is 14.6. The summed E-state index contributed by atoms with van der Waals surface area (Å²) < 4.78 is 11.0. The number of carbonyl (C=O) groups is 2. The molecule has 7 heteroatoms. The highest BCUT2D eigenvalue weighted by Gasteiger charge is 2.08. The Kier molecular flexibility index (Phi) is 6.37.